The Labute approximate surface area is 184 Å². The molecule has 0 spiro atoms. The molecule has 0 aliphatic heterocycles. The average Bonchev–Trinajstić information content (AvgIpc) is 3.07. The van der Waals surface area contributed by atoms with Crippen LogP contribution in [0.2, 0.25) is 0 Å². The van der Waals surface area contributed by atoms with Gasteiger partial charge < -0.3 is 19.8 Å². The number of ether oxygens (including phenoxy) is 1. The summed E-state index contributed by atoms with van der Waals surface area (Å²) in [6.45, 7) is 14.0. The van der Waals surface area contributed by atoms with Crippen LogP contribution in [0.1, 0.15) is 58.8 Å². The number of hydrogen-bond acceptors (Lipinski definition) is 5. The van der Waals surface area contributed by atoms with Gasteiger partial charge in [-0.05, 0) is 26.3 Å². The summed E-state index contributed by atoms with van der Waals surface area (Å²) in [4.78, 5) is 13.2. The zero-order valence-electron chi connectivity index (χ0n) is 17.6. The summed E-state index contributed by atoms with van der Waals surface area (Å²) in [7, 11) is 0. The molecular formula is C20H32IN5O2. The third-order valence-electron chi connectivity index (χ3n) is 3.62. The zero-order valence-corrected chi connectivity index (χ0v) is 19.9. The van der Waals surface area contributed by atoms with E-state index in [1.54, 1.807) is 12.4 Å². The van der Waals surface area contributed by atoms with Crippen molar-refractivity contribution in [3.8, 4) is 5.88 Å². The van der Waals surface area contributed by atoms with Crippen molar-refractivity contribution in [1.29, 1.82) is 0 Å². The molecule has 0 unspecified atom stereocenters. The Hall–Kier alpha value is -1.84. The van der Waals surface area contributed by atoms with E-state index in [0.29, 0.717) is 30.8 Å². The van der Waals surface area contributed by atoms with Crippen molar-refractivity contribution < 1.29 is 9.15 Å². The van der Waals surface area contributed by atoms with Crippen molar-refractivity contribution >= 4 is 29.9 Å². The first-order valence-corrected chi connectivity index (χ1v) is 9.37. The van der Waals surface area contributed by atoms with Crippen LogP contribution in [0.3, 0.4) is 0 Å². The van der Waals surface area contributed by atoms with E-state index in [9.17, 15) is 0 Å². The fourth-order valence-electron chi connectivity index (χ4n) is 2.23. The number of rotatable bonds is 7. The van der Waals surface area contributed by atoms with E-state index >= 15 is 0 Å². The molecule has 0 saturated carbocycles. The first-order valence-electron chi connectivity index (χ1n) is 9.37. The molecule has 28 heavy (non-hydrogen) atoms. The van der Waals surface area contributed by atoms with E-state index in [4.69, 9.17) is 9.15 Å². The highest BCUT2D eigenvalue weighted by Crippen LogP contribution is 2.22. The van der Waals surface area contributed by atoms with Gasteiger partial charge in [0.05, 0.1) is 25.4 Å². The summed E-state index contributed by atoms with van der Waals surface area (Å²) in [6, 6.07) is 3.84. The summed E-state index contributed by atoms with van der Waals surface area (Å²) in [5.41, 5.74) is 0.955. The standard InChI is InChI=1S/C20H31N5O2.HI/c1-7-21-19(25-13-18-23-12-16(27-18)20(4,5)6)24-11-15-8-9-17(22-10-15)26-14(2)3;/h8-10,12,14H,7,11,13H2,1-6H3,(H2,21,24,25);1H. The van der Waals surface area contributed by atoms with Crippen molar-refractivity contribution in [1.82, 2.24) is 20.6 Å². The zero-order chi connectivity index (χ0) is 19.9. The van der Waals surface area contributed by atoms with Gasteiger partial charge in [-0.1, -0.05) is 26.8 Å². The number of halogens is 1. The van der Waals surface area contributed by atoms with Gasteiger partial charge in [-0.25, -0.2) is 15.0 Å². The Morgan fingerprint density at radius 2 is 1.93 bits per heavy atom. The average molecular weight is 501 g/mol. The van der Waals surface area contributed by atoms with Crippen molar-refractivity contribution in [2.45, 2.75) is 66.2 Å². The number of pyridine rings is 1. The molecule has 0 saturated heterocycles. The van der Waals surface area contributed by atoms with Crippen LogP contribution in [0.5, 0.6) is 5.88 Å². The molecule has 7 nitrogen and oxygen atoms in total. The summed E-state index contributed by atoms with van der Waals surface area (Å²) in [5.74, 6) is 2.84. The third-order valence-corrected chi connectivity index (χ3v) is 3.62. The van der Waals surface area contributed by atoms with Crippen molar-refractivity contribution in [2.24, 2.45) is 4.99 Å². The lowest BCUT2D eigenvalue weighted by Gasteiger charge is -2.13. The fraction of sp³-hybridized carbons (Fsp3) is 0.550. The maximum Gasteiger partial charge on any atom is 0.213 e. The van der Waals surface area contributed by atoms with Gasteiger partial charge in [-0.3, -0.25) is 0 Å². The summed E-state index contributed by atoms with van der Waals surface area (Å²) in [5, 5.41) is 6.47. The monoisotopic (exact) mass is 501 g/mol. The van der Waals surface area contributed by atoms with Crippen LogP contribution < -0.4 is 15.4 Å². The van der Waals surface area contributed by atoms with E-state index < -0.39 is 0 Å². The van der Waals surface area contributed by atoms with E-state index in [2.05, 4.69) is 46.4 Å². The first kappa shape index (κ1) is 24.2. The second-order valence-corrected chi connectivity index (χ2v) is 7.59. The van der Waals surface area contributed by atoms with Crippen LogP contribution in [-0.4, -0.2) is 28.6 Å². The maximum absolute atomic E-state index is 5.80. The lowest BCUT2D eigenvalue weighted by Crippen LogP contribution is -2.36. The number of oxazole rings is 1. The molecule has 2 aromatic rings. The van der Waals surface area contributed by atoms with Crippen LogP contribution in [-0.2, 0) is 18.5 Å². The molecule has 0 amide bonds. The predicted molar refractivity (Wildman–Crippen MR) is 122 cm³/mol. The number of aliphatic imine (C=N–C) groups is 1. The second kappa shape index (κ2) is 11.2. The van der Waals surface area contributed by atoms with E-state index in [1.807, 2.05) is 32.9 Å². The summed E-state index contributed by atoms with van der Waals surface area (Å²) < 4.78 is 11.4. The normalized spacial score (nSPS) is 11.9. The van der Waals surface area contributed by atoms with Gasteiger partial charge in [0.15, 0.2) is 5.96 Å². The maximum atomic E-state index is 5.80. The molecule has 0 aliphatic rings. The predicted octanol–water partition coefficient (Wildman–Crippen LogP) is 4.03. The molecule has 156 valence electrons. The molecule has 2 rings (SSSR count). The summed E-state index contributed by atoms with van der Waals surface area (Å²) in [6.07, 6.45) is 3.68. The Bertz CT molecular complexity index is 736. The van der Waals surface area contributed by atoms with E-state index in [-0.39, 0.29) is 35.5 Å². The van der Waals surface area contributed by atoms with E-state index in [0.717, 1.165) is 17.9 Å². The lowest BCUT2D eigenvalue weighted by molar-refractivity contribution is 0.232. The Morgan fingerprint density at radius 1 is 1.18 bits per heavy atom. The van der Waals surface area contributed by atoms with Gasteiger partial charge in [-0.15, -0.1) is 24.0 Å². The molecule has 0 fully saturated rings. The van der Waals surface area contributed by atoms with Crippen molar-refractivity contribution in [3.63, 3.8) is 0 Å². The molecule has 0 aliphatic carbocycles. The minimum absolute atomic E-state index is 0. The molecule has 8 heteroatoms. The van der Waals surface area contributed by atoms with Crippen LogP contribution in [0.4, 0.5) is 0 Å². The Kier molecular flexibility index (Phi) is 9.71. The van der Waals surface area contributed by atoms with Gasteiger partial charge in [-0.2, -0.15) is 0 Å². The van der Waals surface area contributed by atoms with Gasteiger partial charge >= 0.3 is 0 Å². The van der Waals surface area contributed by atoms with Crippen LogP contribution in [0, 0.1) is 0 Å². The van der Waals surface area contributed by atoms with Crippen molar-refractivity contribution in [3.05, 3.63) is 41.7 Å². The smallest absolute Gasteiger partial charge is 0.213 e. The second-order valence-electron chi connectivity index (χ2n) is 7.59. The lowest BCUT2D eigenvalue weighted by atomic mass is 9.94. The molecule has 0 atom stereocenters. The largest absolute Gasteiger partial charge is 0.475 e. The number of guanidine groups is 1. The van der Waals surface area contributed by atoms with Gasteiger partial charge in [0, 0.05) is 24.2 Å². The first-order chi connectivity index (χ1) is 12.8. The molecular weight excluding hydrogens is 469 g/mol. The highest BCUT2D eigenvalue weighted by molar-refractivity contribution is 14.0. The van der Waals surface area contributed by atoms with Gasteiger partial charge in [0.1, 0.15) is 5.76 Å². The third kappa shape index (κ3) is 8.04. The molecule has 0 radical (unpaired) electrons. The Morgan fingerprint density at radius 3 is 2.46 bits per heavy atom. The topological polar surface area (TPSA) is 84.6 Å². The van der Waals surface area contributed by atoms with Gasteiger partial charge in [0.2, 0.25) is 11.8 Å². The minimum Gasteiger partial charge on any atom is -0.475 e. The molecule has 2 N–H and O–H groups in total. The number of aromatic nitrogens is 2. The number of nitrogens with zero attached hydrogens (tertiary/aromatic N) is 3. The van der Waals surface area contributed by atoms with Gasteiger partial charge in [0.25, 0.3) is 0 Å². The number of nitrogens with one attached hydrogen (secondary N) is 2. The molecule has 2 aromatic heterocycles. The van der Waals surface area contributed by atoms with Crippen molar-refractivity contribution in [2.75, 3.05) is 6.54 Å². The quantitative estimate of drug-likeness (QED) is 0.339. The molecule has 2 heterocycles. The van der Waals surface area contributed by atoms with E-state index in [1.165, 1.54) is 0 Å². The summed E-state index contributed by atoms with van der Waals surface area (Å²) >= 11 is 0. The molecule has 0 aromatic carbocycles. The van der Waals surface area contributed by atoms with Crippen LogP contribution in [0.15, 0.2) is 33.9 Å². The van der Waals surface area contributed by atoms with Crippen LogP contribution in [0.25, 0.3) is 0 Å². The molecule has 0 bridgehead atoms. The SMILES string of the molecule is CCNC(=NCc1ccc(OC(C)C)nc1)NCc1ncc(C(C)(C)C)o1.I. The minimum atomic E-state index is -0.0533. The highest BCUT2D eigenvalue weighted by atomic mass is 127. The fourth-order valence-corrected chi connectivity index (χ4v) is 2.23. The highest BCUT2D eigenvalue weighted by Gasteiger charge is 2.19. The van der Waals surface area contributed by atoms with Crippen LogP contribution >= 0.6 is 24.0 Å². The number of hydrogen-bond donors (Lipinski definition) is 2. The Balaban J connectivity index is 0.00000392.